The summed E-state index contributed by atoms with van der Waals surface area (Å²) in [6.45, 7) is 4.24. The van der Waals surface area contributed by atoms with Gasteiger partial charge in [0.1, 0.15) is 5.82 Å². The summed E-state index contributed by atoms with van der Waals surface area (Å²) >= 11 is 0. The van der Waals surface area contributed by atoms with E-state index in [9.17, 15) is 4.79 Å². The van der Waals surface area contributed by atoms with Crippen molar-refractivity contribution in [3.05, 3.63) is 54.2 Å². The van der Waals surface area contributed by atoms with Crippen LogP contribution in [0.3, 0.4) is 0 Å². The molecule has 8 heteroatoms. The first kappa shape index (κ1) is 17.1. The molecule has 3 aromatic heterocycles. The van der Waals surface area contributed by atoms with E-state index in [1.165, 1.54) is 0 Å². The van der Waals surface area contributed by atoms with E-state index in [0.29, 0.717) is 25.5 Å². The third-order valence-corrected chi connectivity index (χ3v) is 4.62. The maximum absolute atomic E-state index is 11.8. The number of nitrogens with zero attached hydrogens (tertiary/aromatic N) is 6. The van der Waals surface area contributed by atoms with Gasteiger partial charge in [0.05, 0.1) is 18.8 Å². The second kappa shape index (κ2) is 7.53. The summed E-state index contributed by atoms with van der Waals surface area (Å²) in [5.74, 6) is 1.51. The molecule has 0 saturated heterocycles. The van der Waals surface area contributed by atoms with Crippen molar-refractivity contribution < 1.29 is 4.79 Å². The number of rotatable bonds is 5. The monoisotopic (exact) mass is 363 g/mol. The summed E-state index contributed by atoms with van der Waals surface area (Å²) in [5.41, 5.74) is 2.84. The first-order valence-electron chi connectivity index (χ1n) is 8.97. The lowest BCUT2D eigenvalue weighted by Gasteiger charge is -2.28. The van der Waals surface area contributed by atoms with E-state index in [2.05, 4.69) is 15.4 Å². The Morgan fingerprint density at radius 2 is 2.19 bits per heavy atom. The van der Waals surface area contributed by atoms with Crippen molar-refractivity contribution >= 4 is 11.7 Å². The van der Waals surface area contributed by atoms with Gasteiger partial charge >= 0.3 is 0 Å². The molecule has 8 nitrogen and oxygen atoms in total. The quantitative estimate of drug-likeness (QED) is 0.743. The van der Waals surface area contributed by atoms with Crippen LogP contribution in [0.1, 0.15) is 18.2 Å². The largest absolute Gasteiger partial charge is 0.368 e. The summed E-state index contributed by atoms with van der Waals surface area (Å²) in [5, 5.41) is 7.65. The zero-order chi connectivity index (χ0) is 18.6. The van der Waals surface area contributed by atoms with E-state index >= 15 is 0 Å². The number of carbonyl (C=O) groups excluding carboxylic acids is 1. The van der Waals surface area contributed by atoms with E-state index in [-0.39, 0.29) is 5.91 Å². The molecule has 0 fully saturated rings. The SMILES string of the molecule is CC(=O)N1CCc2c(nc(-c3cccnc3)nc2NCCn2cccn2)C1. The highest BCUT2D eigenvalue weighted by Gasteiger charge is 2.24. The first-order chi connectivity index (χ1) is 13.2. The van der Waals surface area contributed by atoms with Crippen molar-refractivity contribution in [2.75, 3.05) is 18.4 Å². The fourth-order valence-electron chi connectivity index (χ4n) is 3.19. The Morgan fingerprint density at radius 3 is 2.93 bits per heavy atom. The Labute approximate surface area is 157 Å². The third-order valence-electron chi connectivity index (χ3n) is 4.62. The maximum Gasteiger partial charge on any atom is 0.219 e. The standard InChI is InChI=1S/C19H21N7O/c1-14(27)25-10-5-16-17(13-25)23-18(15-4-2-6-20-12-15)24-19(16)21-8-11-26-9-3-7-22-26/h2-4,6-7,9,12H,5,8,10-11,13H2,1H3,(H,21,23,24). The van der Waals surface area contributed by atoms with Crippen LogP contribution in [0.4, 0.5) is 5.82 Å². The van der Waals surface area contributed by atoms with Crippen molar-refractivity contribution in [1.29, 1.82) is 0 Å². The number of aromatic nitrogens is 5. The van der Waals surface area contributed by atoms with Gasteiger partial charge in [-0.2, -0.15) is 5.10 Å². The Hall–Kier alpha value is -3.29. The Kier molecular flexibility index (Phi) is 4.78. The van der Waals surface area contributed by atoms with E-state index in [0.717, 1.165) is 35.6 Å². The summed E-state index contributed by atoms with van der Waals surface area (Å²) < 4.78 is 1.88. The maximum atomic E-state index is 11.8. The normalized spacial score (nSPS) is 13.3. The lowest BCUT2D eigenvalue weighted by molar-refractivity contribution is -0.129. The van der Waals surface area contributed by atoms with Crippen molar-refractivity contribution in [1.82, 2.24) is 29.6 Å². The average molecular weight is 363 g/mol. The Morgan fingerprint density at radius 1 is 1.26 bits per heavy atom. The van der Waals surface area contributed by atoms with Crippen LogP contribution in [-0.4, -0.2) is 48.6 Å². The van der Waals surface area contributed by atoms with Crippen LogP contribution in [-0.2, 0) is 24.3 Å². The van der Waals surface area contributed by atoms with Crippen LogP contribution in [0, 0.1) is 0 Å². The molecule has 1 aliphatic heterocycles. The van der Waals surface area contributed by atoms with Gasteiger partial charge in [-0.05, 0) is 24.6 Å². The minimum Gasteiger partial charge on any atom is -0.368 e. The van der Waals surface area contributed by atoms with E-state index in [4.69, 9.17) is 9.97 Å². The fourth-order valence-corrected chi connectivity index (χ4v) is 3.19. The van der Waals surface area contributed by atoms with Gasteiger partial charge in [0.15, 0.2) is 5.82 Å². The van der Waals surface area contributed by atoms with Gasteiger partial charge in [0, 0.05) is 55.9 Å². The minimum absolute atomic E-state index is 0.0652. The minimum atomic E-state index is 0.0652. The van der Waals surface area contributed by atoms with Crippen molar-refractivity contribution in [3.63, 3.8) is 0 Å². The molecular formula is C19H21N7O. The van der Waals surface area contributed by atoms with E-state index < -0.39 is 0 Å². The molecule has 4 rings (SSSR count). The molecule has 0 aromatic carbocycles. The average Bonchev–Trinajstić information content (AvgIpc) is 3.21. The molecule has 0 atom stereocenters. The molecule has 0 aliphatic carbocycles. The predicted molar refractivity (Wildman–Crippen MR) is 101 cm³/mol. The highest BCUT2D eigenvalue weighted by Crippen LogP contribution is 2.27. The van der Waals surface area contributed by atoms with Gasteiger partial charge in [-0.25, -0.2) is 9.97 Å². The zero-order valence-electron chi connectivity index (χ0n) is 15.2. The summed E-state index contributed by atoms with van der Waals surface area (Å²) in [6.07, 6.45) is 7.92. The summed E-state index contributed by atoms with van der Waals surface area (Å²) in [7, 11) is 0. The molecule has 27 heavy (non-hydrogen) atoms. The first-order valence-corrected chi connectivity index (χ1v) is 8.97. The number of hydrogen-bond donors (Lipinski definition) is 1. The molecule has 1 amide bonds. The van der Waals surface area contributed by atoms with Crippen LogP contribution < -0.4 is 5.32 Å². The number of amides is 1. The lowest BCUT2D eigenvalue weighted by Crippen LogP contribution is -2.35. The van der Waals surface area contributed by atoms with Crippen molar-refractivity contribution in [3.8, 4) is 11.4 Å². The second-order valence-corrected chi connectivity index (χ2v) is 6.45. The molecule has 0 saturated carbocycles. The van der Waals surface area contributed by atoms with E-state index in [1.54, 1.807) is 25.5 Å². The Bertz CT molecular complexity index is 925. The zero-order valence-corrected chi connectivity index (χ0v) is 15.2. The van der Waals surface area contributed by atoms with Crippen LogP contribution in [0.2, 0.25) is 0 Å². The van der Waals surface area contributed by atoms with Gasteiger partial charge in [0.25, 0.3) is 0 Å². The molecule has 0 bridgehead atoms. The number of pyridine rings is 1. The van der Waals surface area contributed by atoms with Crippen molar-refractivity contribution in [2.24, 2.45) is 0 Å². The highest BCUT2D eigenvalue weighted by molar-refractivity contribution is 5.74. The van der Waals surface area contributed by atoms with Gasteiger partial charge in [-0.15, -0.1) is 0 Å². The molecule has 138 valence electrons. The predicted octanol–water partition coefficient (Wildman–Crippen LogP) is 1.75. The van der Waals surface area contributed by atoms with Crippen LogP contribution >= 0.6 is 0 Å². The smallest absolute Gasteiger partial charge is 0.219 e. The van der Waals surface area contributed by atoms with Gasteiger partial charge in [-0.3, -0.25) is 14.5 Å². The van der Waals surface area contributed by atoms with Gasteiger partial charge in [0.2, 0.25) is 5.91 Å². The Balaban J connectivity index is 1.64. The molecule has 4 heterocycles. The van der Waals surface area contributed by atoms with Crippen LogP contribution in [0.25, 0.3) is 11.4 Å². The lowest BCUT2D eigenvalue weighted by atomic mass is 10.0. The van der Waals surface area contributed by atoms with Gasteiger partial charge in [-0.1, -0.05) is 0 Å². The second-order valence-electron chi connectivity index (χ2n) is 6.45. The molecule has 0 spiro atoms. The number of fused-ring (bicyclic) bond motifs is 1. The van der Waals surface area contributed by atoms with Crippen LogP contribution in [0.5, 0.6) is 0 Å². The molecule has 0 radical (unpaired) electrons. The molecule has 3 aromatic rings. The molecule has 1 aliphatic rings. The number of carbonyl (C=O) groups is 1. The van der Waals surface area contributed by atoms with E-state index in [1.807, 2.05) is 34.0 Å². The summed E-state index contributed by atoms with van der Waals surface area (Å²) in [6, 6.07) is 5.71. The number of anilines is 1. The van der Waals surface area contributed by atoms with Crippen LogP contribution in [0.15, 0.2) is 43.0 Å². The molecular weight excluding hydrogens is 342 g/mol. The molecule has 1 N–H and O–H groups in total. The van der Waals surface area contributed by atoms with Crippen molar-refractivity contribution in [2.45, 2.75) is 26.4 Å². The van der Waals surface area contributed by atoms with Gasteiger partial charge < -0.3 is 10.2 Å². The third kappa shape index (κ3) is 3.79. The highest BCUT2D eigenvalue weighted by atomic mass is 16.2. The fraction of sp³-hybridized carbons (Fsp3) is 0.316. The topological polar surface area (TPSA) is 88.8 Å². The summed E-state index contributed by atoms with van der Waals surface area (Å²) in [4.78, 5) is 27.3. The number of hydrogen-bond acceptors (Lipinski definition) is 6. The number of nitrogens with one attached hydrogen (secondary N) is 1. The molecule has 0 unspecified atom stereocenters.